The van der Waals surface area contributed by atoms with E-state index in [2.05, 4.69) is 5.32 Å². The largest absolute Gasteiger partial charge is 0.481 e. The van der Waals surface area contributed by atoms with Crippen LogP contribution in [-0.2, 0) is 4.79 Å². The number of urea groups is 1. The van der Waals surface area contributed by atoms with E-state index in [1.807, 2.05) is 16.7 Å². The highest BCUT2D eigenvalue weighted by molar-refractivity contribution is 7.99. The predicted octanol–water partition coefficient (Wildman–Crippen LogP) is 1.92. The molecule has 1 saturated heterocycles. The zero-order valence-electron chi connectivity index (χ0n) is 11.2. The summed E-state index contributed by atoms with van der Waals surface area (Å²) in [6, 6.07) is -0.0801. The maximum absolute atomic E-state index is 12.3. The van der Waals surface area contributed by atoms with Crippen molar-refractivity contribution in [2.24, 2.45) is 0 Å². The van der Waals surface area contributed by atoms with Crippen LogP contribution in [0.3, 0.4) is 0 Å². The zero-order valence-corrected chi connectivity index (χ0v) is 12.0. The second-order valence-electron chi connectivity index (χ2n) is 5.44. The summed E-state index contributed by atoms with van der Waals surface area (Å²) in [4.78, 5) is 25.1. The van der Waals surface area contributed by atoms with Crippen molar-refractivity contribution in [2.75, 3.05) is 24.6 Å². The van der Waals surface area contributed by atoms with Crippen LogP contribution in [-0.4, -0.2) is 52.1 Å². The minimum Gasteiger partial charge on any atom is -0.481 e. The number of nitrogens with zero attached hydrogens (tertiary/aromatic N) is 1. The van der Waals surface area contributed by atoms with E-state index in [1.165, 1.54) is 0 Å². The van der Waals surface area contributed by atoms with Crippen molar-refractivity contribution in [1.82, 2.24) is 10.2 Å². The second-order valence-corrected chi connectivity index (χ2v) is 6.67. The summed E-state index contributed by atoms with van der Waals surface area (Å²) in [6.45, 7) is 1.53. The lowest BCUT2D eigenvalue weighted by atomic mass is 9.79. The number of hydrogen-bond acceptors (Lipinski definition) is 3. The third kappa shape index (κ3) is 4.03. The van der Waals surface area contributed by atoms with E-state index in [0.717, 1.165) is 56.7 Å². The molecule has 6 heteroatoms. The minimum atomic E-state index is -0.823. The van der Waals surface area contributed by atoms with Crippen molar-refractivity contribution in [1.29, 1.82) is 0 Å². The van der Waals surface area contributed by atoms with Gasteiger partial charge in [0.15, 0.2) is 0 Å². The van der Waals surface area contributed by atoms with Crippen molar-refractivity contribution < 1.29 is 14.7 Å². The van der Waals surface area contributed by atoms with Gasteiger partial charge in [-0.2, -0.15) is 11.8 Å². The summed E-state index contributed by atoms with van der Waals surface area (Å²) < 4.78 is 0. The highest BCUT2D eigenvalue weighted by Crippen LogP contribution is 2.31. The van der Waals surface area contributed by atoms with Gasteiger partial charge in [-0.15, -0.1) is 0 Å². The van der Waals surface area contributed by atoms with Gasteiger partial charge in [0.2, 0.25) is 0 Å². The van der Waals surface area contributed by atoms with E-state index in [9.17, 15) is 9.59 Å². The maximum Gasteiger partial charge on any atom is 0.317 e. The van der Waals surface area contributed by atoms with Crippen LogP contribution in [0.25, 0.3) is 0 Å². The molecule has 0 atom stereocenters. The third-order valence-electron chi connectivity index (χ3n) is 3.97. The van der Waals surface area contributed by atoms with Crippen molar-refractivity contribution in [2.45, 2.75) is 44.1 Å². The molecule has 1 aliphatic heterocycles. The van der Waals surface area contributed by atoms with Gasteiger partial charge in [-0.3, -0.25) is 4.79 Å². The molecular formula is C13H22N2O3S. The van der Waals surface area contributed by atoms with Crippen molar-refractivity contribution in [3.63, 3.8) is 0 Å². The Balaban J connectivity index is 1.98. The van der Waals surface area contributed by atoms with Crippen LogP contribution in [0.2, 0.25) is 0 Å². The van der Waals surface area contributed by atoms with Gasteiger partial charge < -0.3 is 15.3 Å². The van der Waals surface area contributed by atoms with Gasteiger partial charge in [-0.1, -0.05) is 19.3 Å². The summed E-state index contributed by atoms with van der Waals surface area (Å²) >= 11 is 1.86. The van der Waals surface area contributed by atoms with E-state index in [1.54, 1.807) is 0 Å². The van der Waals surface area contributed by atoms with Crippen molar-refractivity contribution in [3.05, 3.63) is 0 Å². The molecule has 1 aliphatic carbocycles. The molecule has 0 bridgehead atoms. The number of amides is 2. The van der Waals surface area contributed by atoms with Crippen LogP contribution >= 0.6 is 11.8 Å². The first kappa shape index (κ1) is 14.5. The molecule has 2 aliphatic rings. The fourth-order valence-corrected chi connectivity index (χ4v) is 3.84. The molecule has 2 rings (SSSR count). The Morgan fingerprint density at radius 1 is 1.16 bits per heavy atom. The van der Waals surface area contributed by atoms with E-state index >= 15 is 0 Å². The maximum atomic E-state index is 12.3. The summed E-state index contributed by atoms with van der Waals surface area (Å²) in [5, 5.41) is 12.1. The number of thioether (sulfide) groups is 1. The summed E-state index contributed by atoms with van der Waals surface area (Å²) in [5.41, 5.74) is -0.522. The van der Waals surface area contributed by atoms with Crippen LogP contribution in [0, 0.1) is 0 Å². The molecule has 0 aromatic heterocycles. The van der Waals surface area contributed by atoms with Gasteiger partial charge in [0.25, 0.3) is 0 Å². The highest BCUT2D eigenvalue weighted by atomic mass is 32.2. The fraction of sp³-hybridized carbons (Fsp3) is 0.846. The number of carboxylic acids is 1. The minimum absolute atomic E-state index is 0.0430. The number of carboxylic acid groups (broad SMARTS) is 1. The number of carbonyl (C=O) groups excluding carboxylic acids is 1. The van der Waals surface area contributed by atoms with Crippen LogP contribution in [0.4, 0.5) is 4.79 Å². The van der Waals surface area contributed by atoms with E-state index in [0.29, 0.717) is 0 Å². The molecule has 2 N–H and O–H groups in total. The van der Waals surface area contributed by atoms with Crippen LogP contribution in [0.1, 0.15) is 38.5 Å². The standard InChI is InChI=1S/C13H22N2O3S/c16-11(17)10-13(4-2-1-3-5-13)14-12(18)15-6-8-19-9-7-15/h1-10H2,(H,14,18)(H,16,17). The lowest BCUT2D eigenvalue weighted by Gasteiger charge is -2.39. The third-order valence-corrected chi connectivity index (χ3v) is 4.91. The molecule has 5 nitrogen and oxygen atoms in total. The monoisotopic (exact) mass is 286 g/mol. The lowest BCUT2D eigenvalue weighted by Crippen LogP contribution is -2.56. The van der Waals surface area contributed by atoms with Gasteiger partial charge in [-0.25, -0.2) is 4.79 Å². The van der Waals surface area contributed by atoms with Gasteiger partial charge in [0, 0.05) is 24.6 Å². The molecule has 19 heavy (non-hydrogen) atoms. The first-order chi connectivity index (χ1) is 9.11. The summed E-state index contributed by atoms with van der Waals surface area (Å²) in [6.07, 6.45) is 4.76. The van der Waals surface area contributed by atoms with Crippen molar-refractivity contribution in [3.8, 4) is 0 Å². The van der Waals surface area contributed by atoms with Crippen LogP contribution < -0.4 is 5.32 Å². The number of rotatable bonds is 3. The predicted molar refractivity (Wildman–Crippen MR) is 75.5 cm³/mol. The Morgan fingerprint density at radius 2 is 1.79 bits per heavy atom. The number of carbonyl (C=O) groups is 2. The molecule has 0 aromatic carbocycles. The molecule has 2 fully saturated rings. The van der Waals surface area contributed by atoms with E-state index in [-0.39, 0.29) is 12.5 Å². The molecule has 0 spiro atoms. The molecule has 108 valence electrons. The lowest BCUT2D eigenvalue weighted by molar-refractivity contribution is -0.139. The summed E-state index contributed by atoms with van der Waals surface area (Å²) in [5.74, 6) is 1.12. The Kier molecular flexibility index (Phi) is 4.96. The Bertz CT molecular complexity index is 337. The molecular weight excluding hydrogens is 264 g/mol. The molecule has 0 radical (unpaired) electrons. The van der Waals surface area contributed by atoms with Gasteiger partial charge in [-0.05, 0) is 12.8 Å². The SMILES string of the molecule is O=C(O)CC1(NC(=O)N2CCSCC2)CCCCC1. The molecule has 2 amide bonds. The molecule has 1 heterocycles. The fourth-order valence-electron chi connectivity index (χ4n) is 2.94. The number of nitrogens with one attached hydrogen (secondary N) is 1. The number of aliphatic carboxylic acids is 1. The average Bonchev–Trinajstić information content (AvgIpc) is 2.39. The van der Waals surface area contributed by atoms with Crippen LogP contribution in [0.15, 0.2) is 0 Å². The van der Waals surface area contributed by atoms with Crippen molar-refractivity contribution >= 4 is 23.8 Å². The Labute approximate surface area is 118 Å². The van der Waals surface area contributed by atoms with E-state index in [4.69, 9.17) is 5.11 Å². The first-order valence-corrected chi connectivity index (χ1v) is 8.13. The highest BCUT2D eigenvalue weighted by Gasteiger charge is 2.37. The quantitative estimate of drug-likeness (QED) is 0.831. The smallest absolute Gasteiger partial charge is 0.317 e. The molecule has 0 aromatic rings. The summed E-state index contributed by atoms with van der Waals surface area (Å²) in [7, 11) is 0. The molecule has 1 saturated carbocycles. The first-order valence-electron chi connectivity index (χ1n) is 6.98. The Hall–Kier alpha value is -0.910. The Morgan fingerprint density at radius 3 is 2.37 bits per heavy atom. The topological polar surface area (TPSA) is 69.6 Å². The average molecular weight is 286 g/mol. The normalized spacial score (nSPS) is 22.8. The van der Waals surface area contributed by atoms with Crippen LogP contribution in [0.5, 0.6) is 0 Å². The second kappa shape index (κ2) is 6.50. The van der Waals surface area contributed by atoms with E-state index < -0.39 is 11.5 Å². The van der Waals surface area contributed by atoms with Gasteiger partial charge in [0.1, 0.15) is 0 Å². The molecule has 0 unspecified atom stereocenters. The zero-order chi connectivity index (χ0) is 13.7. The number of hydrogen-bond donors (Lipinski definition) is 2. The van der Waals surface area contributed by atoms with Gasteiger partial charge in [0.05, 0.1) is 12.0 Å². The van der Waals surface area contributed by atoms with Gasteiger partial charge >= 0.3 is 12.0 Å².